The minimum absolute atomic E-state index is 0.428. The van der Waals surface area contributed by atoms with Gasteiger partial charge in [0.15, 0.2) is 0 Å². The van der Waals surface area contributed by atoms with Gasteiger partial charge in [0.2, 0.25) is 0 Å². The number of halogens is 1. The van der Waals surface area contributed by atoms with Crippen molar-refractivity contribution in [1.29, 1.82) is 0 Å². The largest absolute Gasteiger partial charge is 0.313 e. The lowest BCUT2D eigenvalue weighted by Crippen LogP contribution is -2.18. The maximum absolute atomic E-state index is 3.50. The van der Waals surface area contributed by atoms with Crippen LogP contribution < -0.4 is 5.32 Å². The van der Waals surface area contributed by atoms with Crippen LogP contribution in [0.5, 0.6) is 0 Å². The molecule has 0 aliphatic heterocycles. The topological polar surface area (TPSA) is 12.0 Å². The molecule has 0 fully saturated rings. The van der Waals surface area contributed by atoms with Crippen LogP contribution in [0, 0.1) is 6.92 Å². The van der Waals surface area contributed by atoms with Crippen LogP contribution in [0.15, 0.2) is 26.7 Å². The molecular formula is C12H14BrNS2. The zero-order valence-electron chi connectivity index (χ0n) is 9.29. The van der Waals surface area contributed by atoms with Crippen molar-refractivity contribution in [2.24, 2.45) is 0 Å². The minimum Gasteiger partial charge on any atom is -0.313 e. The van der Waals surface area contributed by atoms with Gasteiger partial charge in [-0.05, 0) is 57.9 Å². The molecule has 4 heteroatoms. The first kappa shape index (κ1) is 12.3. The summed E-state index contributed by atoms with van der Waals surface area (Å²) in [6.45, 7) is 2.18. The molecule has 0 aromatic carbocycles. The van der Waals surface area contributed by atoms with Crippen LogP contribution in [0.2, 0.25) is 0 Å². The van der Waals surface area contributed by atoms with Crippen molar-refractivity contribution in [2.75, 3.05) is 7.05 Å². The van der Waals surface area contributed by atoms with E-state index in [-0.39, 0.29) is 0 Å². The summed E-state index contributed by atoms with van der Waals surface area (Å²) in [5.41, 5.74) is 2.82. The molecule has 0 aliphatic carbocycles. The minimum atomic E-state index is 0.428. The van der Waals surface area contributed by atoms with Gasteiger partial charge in [-0.1, -0.05) is 0 Å². The Morgan fingerprint density at radius 2 is 2.19 bits per heavy atom. The molecule has 2 aromatic heterocycles. The molecule has 1 N–H and O–H groups in total. The first-order valence-corrected chi connectivity index (χ1v) is 7.75. The predicted octanol–water partition coefficient (Wildman–Crippen LogP) is 4.38. The zero-order chi connectivity index (χ0) is 11.5. The van der Waals surface area contributed by atoms with Crippen molar-refractivity contribution >= 4 is 38.6 Å². The van der Waals surface area contributed by atoms with Gasteiger partial charge in [0.25, 0.3) is 0 Å². The highest BCUT2D eigenvalue weighted by Gasteiger charge is 2.14. The Bertz CT molecular complexity index is 461. The second-order valence-corrected chi connectivity index (χ2v) is 6.44. The molecule has 0 aliphatic rings. The van der Waals surface area contributed by atoms with Gasteiger partial charge in [-0.25, -0.2) is 0 Å². The molecule has 0 spiro atoms. The zero-order valence-corrected chi connectivity index (χ0v) is 12.5. The summed E-state index contributed by atoms with van der Waals surface area (Å²) in [5.74, 6) is 0. The van der Waals surface area contributed by atoms with Gasteiger partial charge in [-0.2, -0.15) is 11.3 Å². The average molecular weight is 316 g/mol. The predicted molar refractivity (Wildman–Crippen MR) is 76.6 cm³/mol. The van der Waals surface area contributed by atoms with E-state index in [1.807, 2.05) is 18.4 Å². The molecule has 0 saturated carbocycles. The van der Waals surface area contributed by atoms with E-state index in [0.717, 1.165) is 6.42 Å². The van der Waals surface area contributed by atoms with E-state index in [1.165, 1.54) is 20.5 Å². The summed E-state index contributed by atoms with van der Waals surface area (Å²) in [7, 11) is 2.03. The smallest absolute Gasteiger partial charge is 0.0377 e. The molecule has 2 heterocycles. The molecular weight excluding hydrogens is 302 g/mol. The van der Waals surface area contributed by atoms with Crippen molar-refractivity contribution < 1.29 is 0 Å². The Labute approximate surface area is 113 Å². The molecule has 1 nitrogen and oxygen atoms in total. The third-order valence-corrected chi connectivity index (χ3v) is 5.25. The summed E-state index contributed by atoms with van der Waals surface area (Å²) >= 11 is 7.09. The number of hydrogen-bond acceptors (Lipinski definition) is 3. The lowest BCUT2D eigenvalue weighted by molar-refractivity contribution is 0.595. The lowest BCUT2D eigenvalue weighted by atomic mass is 10.0. The summed E-state index contributed by atoms with van der Waals surface area (Å²) < 4.78 is 1.18. The van der Waals surface area contributed by atoms with Gasteiger partial charge < -0.3 is 5.32 Å². The van der Waals surface area contributed by atoms with Gasteiger partial charge in [-0.3, -0.25) is 0 Å². The number of thiophene rings is 2. The standard InChI is InChI=1S/C12H14BrNS2/c1-8-5-15-7-11(8)12(14-2)4-10-3-9(13)6-16-10/h3,5-7,12,14H,4H2,1-2H3. The van der Waals surface area contributed by atoms with Crippen molar-refractivity contribution in [2.45, 2.75) is 19.4 Å². The maximum atomic E-state index is 3.50. The van der Waals surface area contributed by atoms with Gasteiger partial charge in [0.05, 0.1) is 0 Å². The van der Waals surface area contributed by atoms with E-state index >= 15 is 0 Å². The Hall–Kier alpha value is -0.160. The number of hydrogen-bond donors (Lipinski definition) is 1. The summed E-state index contributed by atoms with van der Waals surface area (Å²) in [6, 6.07) is 2.63. The highest BCUT2D eigenvalue weighted by Crippen LogP contribution is 2.28. The third kappa shape index (κ3) is 2.74. The first-order chi connectivity index (χ1) is 7.70. The molecule has 0 bridgehead atoms. The molecule has 0 saturated heterocycles. The van der Waals surface area contributed by atoms with Crippen molar-refractivity contribution in [3.63, 3.8) is 0 Å². The van der Waals surface area contributed by atoms with E-state index < -0.39 is 0 Å². The molecule has 0 amide bonds. The lowest BCUT2D eigenvalue weighted by Gasteiger charge is -2.15. The molecule has 1 unspecified atom stereocenters. The molecule has 86 valence electrons. The van der Waals surface area contributed by atoms with E-state index in [2.05, 4.69) is 50.4 Å². The number of nitrogens with one attached hydrogen (secondary N) is 1. The fourth-order valence-electron chi connectivity index (χ4n) is 1.76. The molecule has 2 aromatic rings. The van der Waals surface area contributed by atoms with Gasteiger partial charge in [0, 0.05) is 27.2 Å². The van der Waals surface area contributed by atoms with Gasteiger partial charge >= 0.3 is 0 Å². The number of rotatable bonds is 4. The SMILES string of the molecule is CNC(Cc1cc(Br)cs1)c1cscc1C. The van der Waals surface area contributed by atoms with Crippen molar-refractivity contribution in [3.05, 3.63) is 42.7 Å². The van der Waals surface area contributed by atoms with Crippen molar-refractivity contribution in [3.8, 4) is 0 Å². The summed E-state index contributed by atoms with van der Waals surface area (Å²) in [6.07, 6.45) is 1.06. The van der Waals surface area contributed by atoms with E-state index in [4.69, 9.17) is 0 Å². The normalized spacial score (nSPS) is 12.9. The molecule has 1 atom stereocenters. The Morgan fingerprint density at radius 1 is 1.38 bits per heavy atom. The van der Waals surface area contributed by atoms with Crippen LogP contribution in [0.3, 0.4) is 0 Å². The first-order valence-electron chi connectivity index (χ1n) is 5.13. The van der Waals surface area contributed by atoms with Crippen LogP contribution in [-0.4, -0.2) is 7.05 Å². The van der Waals surface area contributed by atoms with Crippen LogP contribution in [0.1, 0.15) is 22.0 Å². The summed E-state index contributed by atoms with van der Waals surface area (Å²) in [4.78, 5) is 1.41. The van der Waals surface area contributed by atoms with E-state index in [9.17, 15) is 0 Å². The maximum Gasteiger partial charge on any atom is 0.0377 e. The fraction of sp³-hybridized carbons (Fsp3) is 0.333. The van der Waals surface area contributed by atoms with Crippen LogP contribution >= 0.6 is 38.6 Å². The second kappa shape index (κ2) is 5.45. The monoisotopic (exact) mass is 315 g/mol. The molecule has 0 radical (unpaired) electrons. The second-order valence-electron chi connectivity index (χ2n) is 3.79. The quantitative estimate of drug-likeness (QED) is 0.882. The Morgan fingerprint density at radius 3 is 2.69 bits per heavy atom. The number of aryl methyl sites for hydroxylation is 1. The van der Waals surface area contributed by atoms with E-state index in [0.29, 0.717) is 6.04 Å². The highest BCUT2D eigenvalue weighted by molar-refractivity contribution is 9.10. The molecule has 2 rings (SSSR count). The highest BCUT2D eigenvalue weighted by atomic mass is 79.9. The van der Waals surface area contributed by atoms with Gasteiger partial charge in [0.1, 0.15) is 0 Å². The third-order valence-electron chi connectivity index (χ3n) is 2.65. The van der Waals surface area contributed by atoms with Crippen molar-refractivity contribution in [1.82, 2.24) is 5.32 Å². The van der Waals surface area contributed by atoms with E-state index in [1.54, 1.807) is 11.3 Å². The Kier molecular flexibility index (Phi) is 4.19. The van der Waals surface area contributed by atoms with Crippen LogP contribution in [0.25, 0.3) is 0 Å². The molecule has 16 heavy (non-hydrogen) atoms. The van der Waals surface area contributed by atoms with Crippen LogP contribution in [0.4, 0.5) is 0 Å². The fourth-order valence-corrected chi connectivity index (χ4v) is 4.16. The number of likely N-dealkylation sites (N-methyl/N-ethyl adjacent to an activating group) is 1. The summed E-state index contributed by atoms with van der Waals surface area (Å²) in [5, 5.41) is 10.0. The van der Waals surface area contributed by atoms with Crippen LogP contribution in [-0.2, 0) is 6.42 Å². The van der Waals surface area contributed by atoms with Gasteiger partial charge in [-0.15, -0.1) is 11.3 Å². The Balaban J connectivity index is 2.15. The average Bonchev–Trinajstić information content (AvgIpc) is 2.84.